The largest absolute Gasteiger partial charge is 0.491 e. The van der Waals surface area contributed by atoms with Gasteiger partial charge < -0.3 is 10.1 Å². The number of ether oxygens (including phenoxy) is 1. The van der Waals surface area contributed by atoms with Crippen LogP contribution in [-0.4, -0.2) is 33.2 Å². The minimum absolute atomic E-state index is 0.0794. The molecular formula is C22H29ClN2O4S. The first kappa shape index (κ1) is 24.0. The third-order valence-corrected chi connectivity index (χ3v) is 6.02. The van der Waals surface area contributed by atoms with E-state index in [1.807, 2.05) is 38.1 Å². The number of nitrogens with one attached hydrogen (secondary N) is 1. The molecule has 0 unspecified atom stereocenters. The molecule has 0 aliphatic rings. The summed E-state index contributed by atoms with van der Waals surface area (Å²) in [5.41, 5.74) is 2.17. The monoisotopic (exact) mass is 452 g/mol. The van der Waals surface area contributed by atoms with Crippen LogP contribution in [0.25, 0.3) is 0 Å². The Morgan fingerprint density at radius 3 is 2.57 bits per heavy atom. The quantitative estimate of drug-likeness (QED) is 0.583. The van der Waals surface area contributed by atoms with Crippen molar-refractivity contribution in [2.45, 2.75) is 46.3 Å². The molecule has 2 rings (SSSR count). The maximum Gasteiger partial charge on any atom is 0.232 e. The number of carbonyl (C=O) groups excluding carboxylic acids is 1. The standard InChI is InChI=1S/C22H29ClN2O4S/c1-16(2)29-19-9-5-8-18(14-19)15-24-22(26)12-7-13-25(30(4,27)28)21-11-6-10-20(23)17(21)3/h5-6,8-11,14,16H,7,12-13,15H2,1-4H3,(H,24,26). The molecule has 0 aliphatic heterocycles. The number of halogens is 1. The molecule has 2 aromatic rings. The van der Waals surface area contributed by atoms with Crippen LogP contribution in [0.15, 0.2) is 42.5 Å². The van der Waals surface area contributed by atoms with Crippen LogP contribution in [-0.2, 0) is 21.4 Å². The van der Waals surface area contributed by atoms with Gasteiger partial charge in [0.25, 0.3) is 0 Å². The molecule has 0 saturated heterocycles. The molecule has 0 bridgehead atoms. The number of anilines is 1. The summed E-state index contributed by atoms with van der Waals surface area (Å²) >= 11 is 6.14. The Kier molecular flexibility index (Phi) is 8.55. The molecule has 0 spiro atoms. The summed E-state index contributed by atoms with van der Waals surface area (Å²) < 4.78 is 31.5. The zero-order chi connectivity index (χ0) is 22.3. The Morgan fingerprint density at radius 1 is 1.20 bits per heavy atom. The third-order valence-electron chi connectivity index (χ3n) is 4.43. The molecule has 0 fully saturated rings. The average molecular weight is 453 g/mol. The van der Waals surface area contributed by atoms with Crippen molar-refractivity contribution in [3.63, 3.8) is 0 Å². The van der Waals surface area contributed by atoms with Crippen LogP contribution in [0.3, 0.4) is 0 Å². The first-order chi connectivity index (χ1) is 14.1. The van der Waals surface area contributed by atoms with Gasteiger partial charge >= 0.3 is 0 Å². The van der Waals surface area contributed by atoms with Crippen LogP contribution in [0.5, 0.6) is 5.75 Å². The minimum atomic E-state index is -3.50. The van der Waals surface area contributed by atoms with Crippen LogP contribution in [0.2, 0.25) is 5.02 Å². The van der Waals surface area contributed by atoms with Gasteiger partial charge in [0.1, 0.15) is 5.75 Å². The van der Waals surface area contributed by atoms with Gasteiger partial charge in [0, 0.05) is 24.5 Å². The van der Waals surface area contributed by atoms with Crippen molar-refractivity contribution >= 4 is 33.2 Å². The van der Waals surface area contributed by atoms with Gasteiger partial charge in [0.05, 0.1) is 18.0 Å². The zero-order valence-electron chi connectivity index (χ0n) is 17.8. The van der Waals surface area contributed by atoms with E-state index in [4.69, 9.17) is 16.3 Å². The van der Waals surface area contributed by atoms with Crippen molar-refractivity contribution in [1.82, 2.24) is 5.32 Å². The Morgan fingerprint density at radius 2 is 1.90 bits per heavy atom. The molecule has 0 heterocycles. The summed E-state index contributed by atoms with van der Waals surface area (Å²) in [6, 6.07) is 12.7. The topological polar surface area (TPSA) is 75.7 Å². The number of sulfonamides is 1. The van der Waals surface area contributed by atoms with Crippen LogP contribution < -0.4 is 14.4 Å². The van der Waals surface area contributed by atoms with Crippen LogP contribution in [0, 0.1) is 6.92 Å². The van der Waals surface area contributed by atoms with Gasteiger partial charge in [-0.2, -0.15) is 0 Å². The highest BCUT2D eigenvalue weighted by Crippen LogP contribution is 2.28. The van der Waals surface area contributed by atoms with Crippen LogP contribution in [0.4, 0.5) is 5.69 Å². The fourth-order valence-corrected chi connectivity index (χ4v) is 4.19. The second-order valence-corrected chi connectivity index (χ2v) is 9.73. The van der Waals surface area contributed by atoms with Gasteiger partial charge in [-0.1, -0.05) is 29.8 Å². The maximum absolute atomic E-state index is 12.3. The second-order valence-electron chi connectivity index (χ2n) is 7.41. The number of amides is 1. The highest BCUT2D eigenvalue weighted by molar-refractivity contribution is 7.92. The Bertz CT molecular complexity index is 977. The van der Waals surface area contributed by atoms with E-state index in [2.05, 4.69) is 5.32 Å². The number of hydrogen-bond donors (Lipinski definition) is 1. The zero-order valence-corrected chi connectivity index (χ0v) is 19.4. The molecule has 2 aromatic carbocycles. The summed E-state index contributed by atoms with van der Waals surface area (Å²) in [6.07, 6.45) is 1.84. The summed E-state index contributed by atoms with van der Waals surface area (Å²) in [7, 11) is -3.50. The van der Waals surface area contributed by atoms with E-state index < -0.39 is 10.0 Å². The van der Waals surface area contributed by atoms with Gasteiger partial charge in [-0.3, -0.25) is 9.10 Å². The lowest BCUT2D eigenvalue weighted by atomic mass is 10.2. The molecule has 8 heteroatoms. The smallest absolute Gasteiger partial charge is 0.232 e. The Hall–Kier alpha value is -2.25. The number of benzene rings is 2. The SMILES string of the molecule is Cc1c(Cl)cccc1N(CCCC(=O)NCc1cccc(OC(C)C)c1)S(C)(=O)=O. The Labute approximate surface area is 184 Å². The number of nitrogens with zero attached hydrogens (tertiary/aromatic N) is 1. The fraction of sp³-hybridized carbons (Fsp3) is 0.409. The van der Waals surface area contributed by atoms with E-state index in [0.29, 0.717) is 29.2 Å². The van der Waals surface area contributed by atoms with E-state index in [1.54, 1.807) is 25.1 Å². The molecule has 1 N–H and O–H groups in total. The highest BCUT2D eigenvalue weighted by atomic mass is 35.5. The first-order valence-electron chi connectivity index (χ1n) is 9.83. The minimum Gasteiger partial charge on any atom is -0.491 e. The predicted octanol–water partition coefficient (Wildman–Crippen LogP) is 4.30. The molecule has 0 atom stereocenters. The van der Waals surface area contributed by atoms with Gasteiger partial charge in [0.2, 0.25) is 15.9 Å². The second kappa shape index (κ2) is 10.7. The normalized spacial score (nSPS) is 11.4. The van der Waals surface area contributed by atoms with Crippen molar-refractivity contribution in [1.29, 1.82) is 0 Å². The Balaban J connectivity index is 1.91. The summed E-state index contributed by atoms with van der Waals surface area (Å²) in [5, 5.41) is 3.37. The molecule has 0 radical (unpaired) electrons. The van der Waals surface area contributed by atoms with Crippen molar-refractivity contribution in [2.75, 3.05) is 17.1 Å². The molecular weight excluding hydrogens is 424 g/mol. The average Bonchev–Trinajstić information content (AvgIpc) is 2.65. The van der Waals surface area contributed by atoms with Crippen molar-refractivity contribution in [3.8, 4) is 5.75 Å². The lowest BCUT2D eigenvalue weighted by molar-refractivity contribution is -0.121. The molecule has 0 aromatic heterocycles. The number of carbonyl (C=O) groups is 1. The highest BCUT2D eigenvalue weighted by Gasteiger charge is 2.20. The fourth-order valence-electron chi connectivity index (χ4n) is 3.00. The molecule has 0 saturated carbocycles. The molecule has 30 heavy (non-hydrogen) atoms. The van der Waals surface area contributed by atoms with Gasteiger partial charge in [-0.05, 0) is 62.6 Å². The lowest BCUT2D eigenvalue weighted by Gasteiger charge is -2.24. The molecule has 6 nitrogen and oxygen atoms in total. The van der Waals surface area contributed by atoms with Crippen LogP contribution >= 0.6 is 11.6 Å². The van der Waals surface area contributed by atoms with Gasteiger partial charge in [-0.25, -0.2) is 8.42 Å². The van der Waals surface area contributed by atoms with Crippen molar-refractivity contribution < 1.29 is 17.9 Å². The van der Waals surface area contributed by atoms with E-state index in [0.717, 1.165) is 17.6 Å². The van der Waals surface area contributed by atoms with Gasteiger partial charge in [-0.15, -0.1) is 0 Å². The number of hydrogen-bond acceptors (Lipinski definition) is 4. The maximum atomic E-state index is 12.3. The number of rotatable bonds is 10. The van der Waals surface area contributed by atoms with Crippen molar-refractivity contribution in [3.05, 3.63) is 58.6 Å². The predicted molar refractivity (Wildman–Crippen MR) is 122 cm³/mol. The summed E-state index contributed by atoms with van der Waals surface area (Å²) in [5.74, 6) is 0.624. The van der Waals surface area contributed by atoms with Gasteiger partial charge in [0.15, 0.2) is 0 Å². The van der Waals surface area contributed by atoms with E-state index in [9.17, 15) is 13.2 Å². The molecule has 1 amide bonds. The van der Waals surface area contributed by atoms with Crippen molar-refractivity contribution in [2.24, 2.45) is 0 Å². The summed E-state index contributed by atoms with van der Waals surface area (Å²) in [6.45, 7) is 6.28. The van der Waals surface area contributed by atoms with Crippen LogP contribution in [0.1, 0.15) is 37.8 Å². The lowest BCUT2D eigenvalue weighted by Crippen LogP contribution is -2.32. The third kappa shape index (κ3) is 7.22. The van der Waals surface area contributed by atoms with E-state index in [-0.39, 0.29) is 25.0 Å². The first-order valence-corrected chi connectivity index (χ1v) is 12.1. The summed E-state index contributed by atoms with van der Waals surface area (Å²) in [4.78, 5) is 12.2. The van der Waals surface area contributed by atoms with E-state index >= 15 is 0 Å². The molecule has 0 aliphatic carbocycles. The molecule has 164 valence electrons. The van der Waals surface area contributed by atoms with E-state index in [1.165, 1.54) is 4.31 Å².